The fraction of sp³-hybridized carbons (Fsp3) is 0.233. The molecule has 2 aromatic carbocycles. The van der Waals surface area contributed by atoms with Gasteiger partial charge in [-0.25, -0.2) is 4.98 Å². The van der Waals surface area contributed by atoms with Gasteiger partial charge in [-0.3, -0.25) is 4.79 Å². The van der Waals surface area contributed by atoms with Crippen molar-refractivity contribution in [3.8, 4) is 29.1 Å². The number of aromatic nitrogens is 2. The highest BCUT2D eigenvalue weighted by Gasteiger charge is 2.25. The first-order chi connectivity index (χ1) is 18.5. The molecule has 0 bridgehead atoms. The third-order valence-corrected chi connectivity index (χ3v) is 6.72. The summed E-state index contributed by atoms with van der Waals surface area (Å²) in [6, 6.07) is 23.6. The van der Waals surface area contributed by atoms with Crippen molar-refractivity contribution in [1.29, 1.82) is 10.5 Å². The average Bonchev–Trinajstić information content (AvgIpc) is 2.96. The lowest BCUT2D eigenvalue weighted by Gasteiger charge is -2.37. The molecule has 3 heterocycles. The molecule has 0 unspecified atom stereocenters. The fourth-order valence-corrected chi connectivity index (χ4v) is 4.81. The van der Waals surface area contributed by atoms with Crippen LogP contribution >= 0.6 is 0 Å². The van der Waals surface area contributed by atoms with Gasteiger partial charge in [0, 0.05) is 48.4 Å². The van der Waals surface area contributed by atoms with Crippen molar-refractivity contribution in [1.82, 2.24) is 9.97 Å². The predicted octanol–water partition coefficient (Wildman–Crippen LogP) is 4.97. The van der Waals surface area contributed by atoms with Crippen molar-refractivity contribution in [2.24, 2.45) is 0 Å². The molecular formula is C30H26N6O2. The number of hydrogen-bond acceptors (Lipinski definition) is 8. The molecule has 0 amide bonds. The summed E-state index contributed by atoms with van der Waals surface area (Å²) in [6.07, 6.45) is 0. The third-order valence-electron chi connectivity index (χ3n) is 6.72. The number of rotatable bonds is 6. The number of fused-ring (bicyclic) bond motifs is 1. The Morgan fingerprint density at radius 3 is 2.24 bits per heavy atom. The molecule has 1 aliphatic heterocycles. The molecule has 0 aliphatic carbocycles. The van der Waals surface area contributed by atoms with Crippen LogP contribution in [0.5, 0.6) is 5.88 Å². The summed E-state index contributed by atoms with van der Waals surface area (Å²) in [6.45, 7) is 6.59. The van der Waals surface area contributed by atoms with Gasteiger partial charge in [0.25, 0.3) is 0 Å². The van der Waals surface area contributed by atoms with Gasteiger partial charge in [0.1, 0.15) is 23.5 Å². The van der Waals surface area contributed by atoms with Crippen LogP contribution in [0, 0.1) is 22.7 Å². The van der Waals surface area contributed by atoms with Gasteiger partial charge in [0.2, 0.25) is 5.88 Å². The SMILES string of the molecule is CCOc1nc2nc(N3CCN(c4ccc(C(C)=O)cc4)CC3)c(C#N)cc2c(-c2ccccc2)c1C#N. The summed E-state index contributed by atoms with van der Waals surface area (Å²) >= 11 is 0. The number of carbonyl (C=O) groups is 1. The van der Waals surface area contributed by atoms with Crippen molar-refractivity contribution in [2.75, 3.05) is 42.6 Å². The van der Waals surface area contributed by atoms with E-state index in [9.17, 15) is 15.3 Å². The second-order valence-electron chi connectivity index (χ2n) is 9.00. The Hall–Kier alpha value is -4.95. The highest BCUT2D eigenvalue weighted by Crippen LogP contribution is 2.37. The Balaban J connectivity index is 1.52. The number of pyridine rings is 2. The van der Waals surface area contributed by atoms with E-state index in [2.05, 4.69) is 26.9 Å². The summed E-state index contributed by atoms with van der Waals surface area (Å²) in [7, 11) is 0. The Kier molecular flexibility index (Phi) is 6.88. The van der Waals surface area contributed by atoms with E-state index in [0.717, 1.165) is 24.3 Å². The summed E-state index contributed by atoms with van der Waals surface area (Å²) in [5, 5.41) is 20.7. The van der Waals surface area contributed by atoms with Crippen LogP contribution in [0.1, 0.15) is 35.3 Å². The molecule has 0 saturated carbocycles. The Labute approximate surface area is 221 Å². The molecule has 1 fully saturated rings. The first kappa shape index (κ1) is 24.7. The van der Waals surface area contributed by atoms with E-state index < -0.39 is 0 Å². The Morgan fingerprint density at radius 2 is 1.63 bits per heavy atom. The Morgan fingerprint density at radius 1 is 0.947 bits per heavy atom. The Bertz CT molecular complexity index is 1580. The third kappa shape index (κ3) is 4.60. The zero-order valence-electron chi connectivity index (χ0n) is 21.3. The monoisotopic (exact) mass is 502 g/mol. The zero-order chi connectivity index (χ0) is 26.6. The number of carbonyl (C=O) groups excluding carboxylic acids is 1. The van der Waals surface area contributed by atoms with E-state index in [-0.39, 0.29) is 11.7 Å². The number of benzene rings is 2. The molecule has 5 rings (SSSR count). The van der Waals surface area contributed by atoms with Crippen molar-refractivity contribution >= 4 is 28.3 Å². The zero-order valence-corrected chi connectivity index (χ0v) is 21.3. The lowest BCUT2D eigenvalue weighted by atomic mass is 9.97. The van der Waals surface area contributed by atoms with Gasteiger partial charge in [0.05, 0.1) is 12.2 Å². The van der Waals surface area contributed by atoms with Gasteiger partial charge in [-0.1, -0.05) is 30.3 Å². The van der Waals surface area contributed by atoms with Crippen LogP contribution < -0.4 is 14.5 Å². The second-order valence-corrected chi connectivity index (χ2v) is 9.00. The largest absolute Gasteiger partial charge is 0.477 e. The number of ketones is 1. The van der Waals surface area contributed by atoms with Gasteiger partial charge < -0.3 is 14.5 Å². The average molecular weight is 503 g/mol. The molecule has 0 spiro atoms. The van der Waals surface area contributed by atoms with Gasteiger partial charge in [-0.2, -0.15) is 15.5 Å². The van der Waals surface area contributed by atoms with Crippen LogP contribution in [-0.4, -0.2) is 48.5 Å². The van der Waals surface area contributed by atoms with Gasteiger partial charge >= 0.3 is 0 Å². The van der Waals surface area contributed by atoms with Crippen molar-refractivity contribution in [3.63, 3.8) is 0 Å². The number of piperazine rings is 1. The van der Waals surface area contributed by atoms with Crippen molar-refractivity contribution in [3.05, 3.63) is 77.4 Å². The number of Topliss-reactive ketones (excluding diaryl/α,β-unsaturated/α-hetero) is 1. The van der Waals surface area contributed by atoms with E-state index in [1.165, 1.54) is 0 Å². The van der Waals surface area contributed by atoms with E-state index in [0.29, 0.717) is 58.8 Å². The molecule has 1 aliphatic rings. The molecule has 0 N–H and O–H groups in total. The first-order valence-corrected chi connectivity index (χ1v) is 12.5. The maximum atomic E-state index is 11.6. The van der Waals surface area contributed by atoms with Crippen LogP contribution in [0.15, 0.2) is 60.7 Å². The molecule has 38 heavy (non-hydrogen) atoms. The predicted molar refractivity (Wildman–Crippen MR) is 146 cm³/mol. The summed E-state index contributed by atoms with van der Waals surface area (Å²) in [5.41, 5.74) is 4.44. The molecule has 2 aromatic heterocycles. The molecule has 188 valence electrons. The van der Waals surface area contributed by atoms with E-state index in [1.807, 2.05) is 61.5 Å². The number of ether oxygens (including phenoxy) is 1. The van der Waals surface area contributed by atoms with Gasteiger partial charge in [-0.05, 0) is 49.7 Å². The molecular weight excluding hydrogens is 476 g/mol. The van der Waals surface area contributed by atoms with Crippen LogP contribution in [0.4, 0.5) is 11.5 Å². The first-order valence-electron chi connectivity index (χ1n) is 12.5. The maximum absolute atomic E-state index is 11.6. The molecule has 0 atom stereocenters. The highest BCUT2D eigenvalue weighted by molar-refractivity contribution is 5.98. The number of nitrogens with zero attached hydrogens (tertiary/aromatic N) is 6. The topological polar surface area (TPSA) is 106 Å². The fourth-order valence-electron chi connectivity index (χ4n) is 4.81. The van der Waals surface area contributed by atoms with E-state index in [1.54, 1.807) is 13.0 Å². The smallest absolute Gasteiger partial charge is 0.234 e. The van der Waals surface area contributed by atoms with Crippen molar-refractivity contribution in [2.45, 2.75) is 13.8 Å². The molecule has 8 nitrogen and oxygen atoms in total. The van der Waals surface area contributed by atoms with Crippen LogP contribution in [0.2, 0.25) is 0 Å². The minimum atomic E-state index is 0.0474. The molecule has 0 radical (unpaired) electrons. The second kappa shape index (κ2) is 10.6. The normalized spacial score (nSPS) is 13.2. The summed E-state index contributed by atoms with van der Waals surface area (Å²) < 4.78 is 5.75. The number of hydrogen-bond donors (Lipinski definition) is 0. The van der Waals surface area contributed by atoms with Crippen LogP contribution in [0.3, 0.4) is 0 Å². The molecule has 1 saturated heterocycles. The lowest BCUT2D eigenvalue weighted by Crippen LogP contribution is -2.47. The number of anilines is 2. The molecule has 4 aromatic rings. The maximum Gasteiger partial charge on any atom is 0.234 e. The number of nitriles is 2. The van der Waals surface area contributed by atoms with Crippen molar-refractivity contribution < 1.29 is 9.53 Å². The van der Waals surface area contributed by atoms with Crippen LogP contribution in [0.25, 0.3) is 22.2 Å². The molecule has 8 heteroatoms. The van der Waals surface area contributed by atoms with Gasteiger partial charge in [0.15, 0.2) is 11.4 Å². The van der Waals surface area contributed by atoms with Gasteiger partial charge in [-0.15, -0.1) is 0 Å². The van der Waals surface area contributed by atoms with Crippen LogP contribution in [-0.2, 0) is 0 Å². The lowest BCUT2D eigenvalue weighted by molar-refractivity contribution is 0.101. The van der Waals surface area contributed by atoms with E-state index in [4.69, 9.17) is 9.72 Å². The van der Waals surface area contributed by atoms with E-state index >= 15 is 0 Å². The minimum absolute atomic E-state index is 0.0474. The summed E-state index contributed by atoms with van der Waals surface area (Å²) in [5.74, 6) is 0.861. The highest BCUT2D eigenvalue weighted by atomic mass is 16.5. The standard InChI is InChI=1S/C30H26N6O2/c1-3-38-30-26(19-32)27(22-7-5-4-6-8-22)25-17-23(18-31)29(33-28(25)34-30)36-15-13-35(14-16-36)24-11-9-21(10-12-24)20(2)37/h4-12,17H,3,13-16H2,1-2H3. The quantitative estimate of drug-likeness (QED) is 0.340. The summed E-state index contributed by atoms with van der Waals surface area (Å²) in [4.78, 5) is 25.4. The minimum Gasteiger partial charge on any atom is -0.477 e.